The van der Waals surface area contributed by atoms with E-state index in [4.69, 9.17) is 10.5 Å². The first-order valence-corrected chi connectivity index (χ1v) is 8.71. The molecule has 2 rings (SSSR count). The summed E-state index contributed by atoms with van der Waals surface area (Å²) in [4.78, 5) is 31.0. The minimum absolute atomic E-state index is 0.210. The fourth-order valence-electron chi connectivity index (χ4n) is 2.35. The Kier molecular flexibility index (Phi) is 7.75. The Hall–Kier alpha value is -2.94. The lowest BCUT2D eigenvalue weighted by atomic mass is 10.0. The van der Waals surface area contributed by atoms with Gasteiger partial charge >= 0.3 is 0 Å². The molecule has 2 aromatic rings. The molecule has 0 aromatic carbocycles. The number of amides is 1. The van der Waals surface area contributed by atoms with Gasteiger partial charge in [0, 0.05) is 26.4 Å². The number of ether oxygens (including phenoxy) is 1. The molecule has 1 amide bonds. The van der Waals surface area contributed by atoms with Crippen molar-refractivity contribution in [2.45, 2.75) is 25.3 Å². The molecule has 0 bridgehead atoms. The molecule has 1 atom stereocenters. The van der Waals surface area contributed by atoms with E-state index < -0.39 is 6.04 Å². The van der Waals surface area contributed by atoms with Crippen LogP contribution in [0, 0.1) is 0 Å². The van der Waals surface area contributed by atoms with Crippen molar-refractivity contribution in [2.24, 2.45) is 5.73 Å². The Morgan fingerprint density at radius 1 is 1.30 bits per heavy atom. The van der Waals surface area contributed by atoms with Gasteiger partial charge < -0.3 is 25.2 Å². The number of ketones is 1. The van der Waals surface area contributed by atoms with E-state index in [0.29, 0.717) is 18.5 Å². The number of pyridine rings is 1. The minimum atomic E-state index is -0.676. The zero-order chi connectivity index (χ0) is 19.6. The van der Waals surface area contributed by atoms with E-state index in [0.717, 1.165) is 18.7 Å². The molecule has 0 aliphatic rings. The van der Waals surface area contributed by atoms with E-state index in [2.05, 4.69) is 20.0 Å². The van der Waals surface area contributed by atoms with Crippen molar-refractivity contribution in [1.82, 2.24) is 15.5 Å². The second-order valence-corrected chi connectivity index (χ2v) is 6.20. The normalized spacial score (nSPS) is 11.7. The number of nitrogens with two attached hydrogens (primary N) is 1. The van der Waals surface area contributed by atoms with Crippen molar-refractivity contribution in [2.75, 3.05) is 32.1 Å². The van der Waals surface area contributed by atoms with E-state index in [-0.39, 0.29) is 24.2 Å². The van der Waals surface area contributed by atoms with E-state index in [1.54, 1.807) is 12.1 Å². The van der Waals surface area contributed by atoms with Crippen LogP contribution in [0.15, 0.2) is 35.2 Å². The van der Waals surface area contributed by atoms with Crippen LogP contribution in [-0.2, 0) is 4.79 Å². The average Bonchev–Trinajstić information content (AvgIpc) is 3.19. The topological polar surface area (TPSA) is 124 Å². The molecule has 0 radical (unpaired) electrons. The molecule has 27 heavy (non-hydrogen) atoms. The first kappa shape index (κ1) is 20.4. The van der Waals surface area contributed by atoms with Gasteiger partial charge in [-0.25, -0.2) is 4.98 Å². The highest BCUT2D eigenvalue weighted by Crippen LogP contribution is 2.10. The van der Waals surface area contributed by atoms with E-state index >= 15 is 0 Å². The highest BCUT2D eigenvalue weighted by molar-refractivity contribution is 5.98. The smallest absolute Gasteiger partial charge is 0.254 e. The molecule has 2 aromatic heterocycles. The number of hydrogen-bond acceptors (Lipinski definition) is 8. The number of carbonyl (C=O) groups is 2. The zero-order valence-electron chi connectivity index (χ0n) is 15.6. The molecular formula is C18H25N5O4. The predicted molar refractivity (Wildman–Crippen MR) is 99.7 cm³/mol. The van der Waals surface area contributed by atoms with Crippen LogP contribution < -0.4 is 20.7 Å². The number of carbonyl (C=O) groups excluding carboxylic acids is 2. The highest BCUT2D eigenvalue weighted by atomic mass is 16.5. The maximum absolute atomic E-state index is 12.5. The molecule has 0 fully saturated rings. The van der Waals surface area contributed by atoms with Gasteiger partial charge in [0.15, 0.2) is 12.4 Å². The van der Waals surface area contributed by atoms with Crippen molar-refractivity contribution < 1.29 is 18.8 Å². The fraction of sp³-hybridized carbons (Fsp3) is 0.444. The summed E-state index contributed by atoms with van der Waals surface area (Å²) in [5.41, 5.74) is 5.90. The summed E-state index contributed by atoms with van der Waals surface area (Å²) < 4.78 is 9.93. The molecular weight excluding hydrogens is 350 g/mol. The van der Waals surface area contributed by atoms with Crippen LogP contribution in [0.5, 0.6) is 5.88 Å². The molecule has 9 nitrogen and oxygen atoms in total. The number of hydrogen-bond donors (Lipinski definition) is 2. The fourth-order valence-corrected chi connectivity index (χ4v) is 2.35. The minimum Gasteiger partial charge on any atom is -0.467 e. The summed E-state index contributed by atoms with van der Waals surface area (Å²) in [6.45, 7) is 0.318. The molecule has 0 aliphatic carbocycles. The second-order valence-electron chi connectivity index (χ2n) is 6.20. The molecule has 0 saturated heterocycles. The van der Waals surface area contributed by atoms with Crippen molar-refractivity contribution in [1.29, 1.82) is 0 Å². The van der Waals surface area contributed by atoms with Crippen molar-refractivity contribution in [3.05, 3.63) is 36.2 Å². The van der Waals surface area contributed by atoms with Crippen LogP contribution in [0.4, 0.5) is 5.82 Å². The van der Waals surface area contributed by atoms with Gasteiger partial charge in [-0.15, -0.1) is 0 Å². The predicted octanol–water partition coefficient (Wildman–Crippen LogP) is 1.01. The average molecular weight is 375 g/mol. The van der Waals surface area contributed by atoms with Gasteiger partial charge in [0.2, 0.25) is 0 Å². The number of Topliss-reactive ketones (excluding diaryl/α,β-unsaturated/α-hetero) is 1. The van der Waals surface area contributed by atoms with Gasteiger partial charge in [0.1, 0.15) is 12.1 Å². The van der Waals surface area contributed by atoms with Crippen LogP contribution in [0.3, 0.4) is 0 Å². The quantitative estimate of drug-likeness (QED) is 0.558. The monoisotopic (exact) mass is 375 g/mol. The molecule has 3 N–H and O–H groups in total. The zero-order valence-corrected chi connectivity index (χ0v) is 15.6. The van der Waals surface area contributed by atoms with Gasteiger partial charge in [-0.3, -0.25) is 9.59 Å². The maximum atomic E-state index is 12.5. The number of aromatic nitrogens is 2. The van der Waals surface area contributed by atoms with Crippen molar-refractivity contribution in [3.8, 4) is 5.88 Å². The summed E-state index contributed by atoms with van der Waals surface area (Å²) in [7, 11) is 3.73. The van der Waals surface area contributed by atoms with Crippen molar-refractivity contribution >= 4 is 17.5 Å². The SMILES string of the molecule is CN(C)c1ccc(C(=O)NC(CCCCN)C(=O)COc2ccon2)cn1. The summed E-state index contributed by atoms with van der Waals surface area (Å²) >= 11 is 0. The molecule has 0 saturated carbocycles. The Morgan fingerprint density at radius 2 is 2.11 bits per heavy atom. The van der Waals surface area contributed by atoms with Crippen LogP contribution >= 0.6 is 0 Å². The van der Waals surface area contributed by atoms with Crippen LogP contribution in [0.2, 0.25) is 0 Å². The van der Waals surface area contributed by atoms with Gasteiger partial charge in [0.05, 0.1) is 11.6 Å². The lowest BCUT2D eigenvalue weighted by Crippen LogP contribution is -2.43. The Labute approximate surface area is 157 Å². The lowest BCUT2D eigenvalue weighted by Gasteiger charge is -2.18. The first-order valence-electron chi connectivity index (χ1n) is 8.71. The second kappa shape index (κ2) is 10.3. The van der Waals surface area contributed by atoms with Gasteiger partial charge in [-0.1, -0.05) is 0 Å². The third-order valence-corrected chi connectivity index (χ3v) is 3.89. The molecule has 146 valence electrons. The van der Waals surface area contributed by atoms with Gasteiger partial charge in [-0.2, -0.15) is 0 Å². The molecule has 0 spiro atoms. The lowest BCUT2D eigenvalue weighted by molar-refractivity contribution is -0.123. The van der Waals surface area contributed by atoms with E-state index in [9.17, 15) is 9.59 Å². The largest absolute Gasteiger partial charge is 0.467 e. The van der Waals surface area contributed by atoms with Gasteiger partial charge in [-0.05, 0) is 43.1 Å². The number of nitrogens with zero attached hydrogens (tertiary/aromatic N) is 3. The van der Waals surface area contributed by atoms with E-state index in [1.807, 2.05) is 19.0 Å². The number of rotatable bonds is 11. The number of unbranched alkanes of at least 4 members (excludes halogenated alkanes) is 1. The summed E-state index contributed by atoms with van der Waals surface area (Å²) in [6.07, 6.45) is 4.80. The van der Waals surface area contributed by atoms with Crippen LogP contribution in [0.1, 0.15) is 29.6 Å². The maximum Gasteiger partial charge on any atom is 0.254 e. The Bertz CT molecular complexity index is 716. The molecule has 2 heterocycles. The Morgan fingerprint density at radius 3 is 2.70 bits per heavy atom. The standard InChI is InChI=1S/C18H25N5O4/c1-23(2)16-7-6-13(11-20-16)18(25)21-14(5-3-4-9-19)15(24)12-26-17-8-10-27-22-17/h6-8,10-11,14H,3-5,9,12,19H2,1-2H3,(H,21,25). The first-order chi connectivity index (χ1) is 13.0. The highest BCUT2D eigenvalue weighted by Gasteiger charge is 2.22. The third-order valence-electron chi connectivity index (χ3n) is 3.89. The summed E-state index contributed by atoms with van der Waals surface area (Å²) in [6, 6.07) is 4.25. The van der Waals surface area contributed by atoms with Crippen molar-refractivity contribution in [3.63, 3.8) is 0 Å². The molecule has 0 aliphatic heterocycles. The van der Waals surface area contributed by atoms with Gasteiger partial charge in [0.25, 0.3) is 11.8 Å². The van der Waals surface area contributed by atoms with Crippen LogP contribution in [-0.4, -0.2) is 55.1 Å². The summed E-state index contributed by atoms with van der Waals surface area (Å²) in [5.74, 6) is 0.351. The van der Waals surface area contributed by atoms with Crippen LogP contribution in [0.25, 0.3) is 0 Å². The third kappa shape index (κ3) is 6.37. The van der Waals surface area contributed by atoms with E-state index in [1.165, 1.54) is 18.5 Å². The summed E-state index contributed by atoms with van der Waals surface area (Å²) in [5, 5.41) is 6.35. The Balaban J connectivity index is 1.98. The number of anilines is 1. The molecule has 9 heteroatoms. The number of nitrogens with one attached hydrogen (secondary N) is 1. The molecule has 1 unspecified atom stereocenters.